The van der Waals surface area contributed by atoms with E-state index < -0.39 is 11.9 Å². The van der Waals surface area contributed by atoms with E-state index in [0.717, 1.165) is 21.9 Å². The van der Waals surface area contributed by atoms with E-state index in [1.54, 1.807) is 24.3 Å². The molecule has 0 atom stereocenters. The van der Waals surface area contributed by atoms with Gasteiger partial charge in [0.15, 0.2) is 0 Å². The highest BCUT2D eigenvalue weighted by Crippen LogP contribution is 2.43. The molecule has 0 aliphatic carbocycles. The average Bonchev–Trinajstić information content (AvgIpc) is 3.36. The lowest BCUT2D eigenvalue weighted by Crippen LogP contribution is -1.95. The molecule has 0 fully saturated rings. The molecule has 0 aliphatic heterocycles. The molecule has 0 amide bonds. The zero-order chi connectivity index (χ0) is 22.0. The summed E-state index contributed by atoms with van der Waals surface area (Å²) >= 11 is 0. The number of carbonyl (C=O) groups is 2. The zero-order valence-electron chi connectivity index (χ0n) is 16.5. The highest BCUT2D eigenvalue weighted by atomic mass is 16.4. The monoisotopic (exact) mass is 422 g/mol. The fraction of sp³-hybridized carbons (Fsp3) is 0. The molecule has 2 aromatic heterocycles. The van der Waals surface area contributed by atoms with Gasteiger partial charge in [-0.25, -0.2) is 9.59 Å². The third-order valence-electron chi connectivity index (χ3n) is 5.80. The number of benzene rings is 4. The number of hydrogen-bond donors (Lipinski definition) is 2. The van der Waals surface area contributed by atoms with Gasteiger partial charge in [-0.15, -0.1) is 0 Å². The van der Waals surface area contributed by atoms with Crippen molar-refractivity contribution in [2.75, 3.05) is 0 Å². The Balaban J connectivity index is 1.76. The molecule has 0 unspecified atom stereocenters. The van der Waals surface area contributed by atoms with Crippen LogP contribution in [0.2, 0.25) is 0 Å². The highest BCUT2D eigenvalue weighted by Gasteiger charge is 2.21. The van der Waals surface area contributed by atoms with Crippen LogP contribution in [0.1, 0.15) is 20.7 Å². The first kappa shape index (κ1) is 18.2. The molecule has 154 valence electrons. The number of aromatic carboxylic acids is 2. The first-order valence-corrected chi connectivity index (χ1v) is 9.90. The van der Waals surface area contributed by atoms with Gasteiger partial charge in [0.1, 0.15) is 33.5 Å². The molecule has 0 spiro atoms. The van der Waals surface area contributed by atoms with Crippen LogP contribution >= 0.6 is 0 Å². The van der Waals surface area contributed by atoms with Gasteiger partial charge in [-0.3, -0.25) is 0 Å². The first-order valence-electron chi connectivity index (χ1n) is 9.90. The predicted molar refractivity (Wildman–Crippen MR) is 120 cm³/mol. The molecule has 6 rings (SSSR count). The minimum absolute atomic E-state index is 0.0997. The third-order valence-corrected chi connectivity index (χ3v) is 5.80. The Morgan fingerprint density at radius 2 is 0.969 bits per heavy atom. The van der Waals surface area contributed by atoms with Crippen LogP contribution in [0.15, 0.2) is 81.6 Å². The lowest BCUT2D eigenvalue weighted by molar-refractivity contribution is 0.0687. The van der Waals surface area contributed by atoms with Crippen LogP contribution < -0.4 is 0 Å². The second-order valence-electron chi connectivity index (χ2n) is 7.54. The molecule has 6 heteroatoms. The quantitative estimate of drug-likeness (QED) is 0.335. The number of carboxylic acids is 2. The number of furan rings is 2. The molecular formula is C26H14O6. The Hall–Kier alpha value is -4.58. The molecule has 2 heterocycles. The van der Waals surface area contributed by atoms with Gasteiger partial charge in [0, 0.05) is 21.5 Å². The summed E-state index contributed by atoms with van der Waals surface area (Å²) in [6.45, 7) is 0. The number of fused-ring (bicyclic) bond motifs is 6. The van der Waals surface area contributed by atoms with Gasteiger partial charge >= 0.3 is 11.9 Å². The number of para-hydroxylation sites is 2. The number of carboxylic acid groups (broad SMARTS) is 2. The molecule has 0 saturated heterocycles. The van der Waals surface area contributed by atoms with Crippen molar-refractivity contribution in [3.05, 3.63) is 83.9 Å². The first-order chi connectivity index (χ1) is 15.5. The molecule has 6 aromatic rings. The maximum Gasteiger partial charge on any atom is 0.339 e. The highest BCUT2D eigenvalue weighted by molar-refractivity contribution is 6.22. The van der Waals surface area contributed by atoms with Gasteiger partial charge in [-0.1, -0.05) is 48.5 Å². The molecular weight excluding hydrogens is 408 g/mol. The summed E-state index contributed by atoms with van der Waals surface area (Å²) in [5.41, 5.74) is 3.67. The van der Waals surface area contributed by atoms with Crippen LogP contribution in [0, 0.1) is 0 Å². The second kappa shape index (κ2) is 6.46. The van der Waals surface area contributed by atoms with Crippen molar-refractivity contribution >= 4 is 55.8 Å². The van der Waals surface area contributed by atoms with Gasteiger partial charge in [0.05, 0.1) is 0 Å². The summed E-state index contributed by atoms with van der Waals surface area (Å²) in [6.07, 6.45) is 0. The topological polar surface area (TPSA) is 101 Å². The normalized spacial score (nSPS) is 11.6. The van der Waals surface area contributed by atoms with E-state index in [-0.39, 0.29) is 11.1 Å². The molecule has 0 saturated carbocycles. The Morgan fingerprint density at radius 3 is 1.38 bits per heavy atom. The Bertz CT molecular complexity index is 1600. The lowest BCUT2D eigenvalue weighted by atomic mass is 9.95. The second-order valence-corrected chi connectivity index (χ2v) is 7.54. The van der Waals surface area contributed by atoms with Gasteiger partial charge in [-0.2, -0.15) is 0 Å². The van der Waals surface area contributed by atoms with E-state index in [0.29, 0.717) is 33.1 Å². The van der Waals surface area contributed by atoms with Gasteiger partial charge in [0.2, 0.25) is 0 Å². The molecule has 0 bridgehead atoms. The third kappa shape index (κ3) is 2.40. The molecule has 6 nitrogen and oxygen atoms in total. The van der Waals surface area contributed by atoms with E-state index in [4.69, 9.17) is 8.83 Å². The molecule has 32 heavy (non-hydrogen) atoms. The predicted octanol–water partition coefficient (Wildman–Crippen LogP) is 6.55. The minimum Gasteiger partial charge on any atom is -0.478 e. The summed E-state index contributed by atoms with van der Waals surface area (Å²) in [7, 11) is 0. The Morgan fingerprint density at radius 1 is 0.562 bits per heavy atom. The van der Waals surface area contributed by atoms with Crippen molar-refractivity contribution in [3.63, 3.8) is 0 Å². The molecule has 0 radical (unpaired) electrons. The van der Waals surface area contributed by atoms with Crippen LogP contribution in [0.3, 0.4) is 0 Å². The molecule has 2 N–H and O–H groups in total. The maximum absolute atomic E-state index is 11.7. The van der Waals surface area contributed by atoms with Crippen molar-refractivity contribution in [2.24, 2.45) is 0 Å². The van der Waals surface area contributed by atoms with E-state index in [1.807, 2.05) is 36.4 Å². The zero-order valence-corrected chi connectivity index (χ0v) is 16.5. The number of rotatable bonds is 3. The van der Waals surface area contributed by atoms with Gasteiger partial charge in [0.25, 0.3) is 0 Å². The summed E-state index contributed by atoms with van der Waals surface area (Å²) in [6, 6.07) is 21.3. The van der Waals surface area contributed by atoms with Crippen molar-refractivity contribution in [3.8, 4) is 11.1 Å². The van der Waals surface area contributed by atoms with Crippen molar-refractivity contribution in [1.82, 2.24) is 0 Å². The van der Waals surface area contributed by atoms with Crippen LogP contribution in [-0.4, -0.2) is 22.2 Å². The summed E-state index contributed by atoms with van der Waals surface area (Å²) in [5, 5.41) is 22.1. The fourth-order valence-corrected chi connectivity index (χ4v) is 4.48. The average molecular weight is 422 g/mol. The van der Waals surface area contributed by atoms with Crippen molar-refractivity contribution in [1.29, 1.82) is 0 Å². The van der Waals surface area contributed by atoms with Gasteiger partial charge in [-0.05, 0) is 35.4 Å². The SMILES string of the molecule is O=C(O)c1cccc2c1oc1cccc(-c3cccc4oc5c(C(=O)O)cccc5c34)c12. The standard InChI is InChI=1S/C26H14O6/c27-25(28)17-9-1-7-15-21-13(5-3-11-19(21)31-23(15)17)14-6-4-12-20-22(14)16-8-2-10-18(26(29)30)24(16)32-20/h1-12H,(H,27,28)(H,29,30). The van der Waals surface area contributed by atoms with E-state index in [1.165, 1.54) is 12.1 Å². The summed E-state index contributed by atoms with van der Waals surface area (Å²) < 4.78 is 11.9. The lowest BCUT2D eigenvalue weighted by Gasteiger charge is -2.06. The van der Waals surface area contributed by atoms with E-state index in [2.05, 4.69) is 0 Å². The molecule has 4 aromatic carbocycles. The molecule has 0 aliphatic rings. The van der Waals surface area contributed by atoms with Crippen molar-refractivity contribution < 1.29 is 28.6 Å². The van der Waals surface area contributed by atoms with E-state index >= 15 is 0 Å². The maximum atomic E-state index is 11.7. The minimum atomic E-state index is -1.06. The fourth-order valence-electron chi connectivity index (χ4n) is 4.48. The number of hydrogen-bond acceptors (Lipinski definition) is 4. The van der Waals surface area contributed by atoms with Crippen molar-refractivity contribution in [2.45, 2.75) is 0 Å². The van der Waals surface area contributed by atoms with Crippen LogP contribution in [0.5, 0.6) is 0 Å². The Labute approximate surface area is 179 Å². The Kier molecular flexibility index (Phi) is 3.67. The van der Waals surface area contributed by atoms with Gasteiger partial charge < -0.3 is 19.0 Å². The van der Waals surface area contributed by atoms with Crippen LogP contribution in [0.25, 0.3) is 55.0 Å². The summed E-state index contributed by atoms with van der Waals surface area (Å²) in [5.74, 6) is -2.11. The van der Waals surface area contributed by atoms with Crippen LogP contribution in [-0.2, 0) is 0 Å². The smallest absolute Gasteiger partial charge is 0.339 e. The van der Waals surface area contributed by atoms with Crippen LogP contribution in [0.4, 0.5) is 0 Å². The van der Waals surface area contributed by atoms with E-state index in [9.17, 15) is 19.8 Å². The largest absolute Gasteiger partial charge is 0.478 e. The summed E-state index contributed by atoms with van der Waals surface area (Å²) in [4.78, 5) is 23.4.